The Balaban J connectivity index is 2.43. The van der Waals surface area contributed by atoms with Crippen LogP contribution in [0.3, 0.4) is 0 Å². The topological polar surface area (TPSA) is 48.7 Å². The lowest BCUT2D eigenvalue weighted by Crippen LogP contribution is -2.04. The molecule has 0 atom stereocenters. The normalized spacial score (nSPS) is 10.2. The van der Waals surface area contributed by atoms with Crippen LogP contribution >= 0.6 is 34.5 Å². The zero-order valence-electron chi connectivity index (χ0n) is 10.2. The van der Waals surface area contributed by atoms with Crippen LogP contribution < -0.4 is 5.32 Å². The van der Waals surface area contributed by atoms with Crippen molar-refractivity contribution in [3.05, 3.63) is 32.4 Å². The maximum Gasteiger partial charge on any atom is 0.144 e. The van der Waals surface area contributed by atoms with Gasteiger partial charge >= 0.3 is 0 Å². The Labute approximate surface area is 125 Å². The van der Waals surface area contributed by atoms with E-state index in [-0.39, 0.29) is 0 Å². The molecule has 2 rings (SSSR count). The summed E-state index contributed by atoms with van der Waals surface area (Å²) in [4.78, 5) is 4.46. The van der Waals surface area contributed by atoms with E-state index >= 15 is 0 Å². The van der Waals surface area contributed by atoms with Gasteiger partial charge in [0.1, 0.15) is 16.2 Å². The van der Waals surface area contributed by atoms with Crippen molar-refractivity contribution in [1.29, 1.82) is 5.26 Å². The summed E-state index contributed by atoms with van der Waals surface area (Å²) < 4.78 is 1.22. The van der Waals surface area contributed by atoms with Crippen LogP contribution in [0.25, 0.3) is 11.3 Å². The molecule has 3 nitrogen and oxygen atoms in total. The third kappa shape index (κ3) is 3.19. The molecule has 0 saturated carbocycles. The van der Waals surface area contributed by atoms with Gasteiger partial charge in [-0.1, -0.05) is 30.1 Å². The van der Waals surface area contributed by atoms with E-state index in [0.29, 0.717) is 25.7 Å². The number of thiophene rings is 1. The zero-order valence-corrected chi connectivity index (χ0v) is 12.5. The fraction of sp³-hybridized carbons (Fsp3) is 0.231. The Bertz CT molecular complexity index is 631. The van der Waals surface area contributed by atoms with E-state index in [2.05, 4.69) is 23.3 Å². The lowest BCUT2D eigenvalue weighted by atomic mass is 10.2. The van der Waals surface area contributed by atoms with Gasteiger partial charge in [0.05, 0.1) is 15.6 Å². The number of anilines is 1. The molecule has 0 aliphatic rings. The van der Waals surface area contributed by atoms with E-state index in [0.717, 1.165) is 18.5 Å². The average molecular weight is 312 g/mol. The molecule has 0 bridgehead atoms. The SMILES string of the molecule is CCCNc1nc(-c2cc(Cl)sc2Cl)ccc1C#N. The number of nitrogens with zero attached hydrogens (tertiary/aromatic N) is 2. The third-order valence-corrected chi connectivity index (χ3v) is 3.98. The highest BCUT2D eigenvalue weighted by Gasteiger charge is 2.12. The van der Waals surface area contributed by atoms with Gasteiger partial charge in [0.25, 0.3) is 0 Å². The number of hydrogen-bond donors (Lipinski definition) is 1. The molecule has 2 aromatic rings. The number of hydrogen-bond acceptors (Lipinski definition) is 4. The summed E-state index contributed by atoms with van der Waals surface area (Å²) in [5.41, 5.74) is 2.03. The lowest BCUT2D eigenvalue weighted by molar-refractivity contribution is 0.968. The minimum absolute atomic E-state index is 0.523. The van der Waals surface area contributed by atoms with Crippen LogP contribution in [0.15, 0.2) is 18.2 Å². The first-order valence-corrected chi connectivity index (χ1v) is 7.33. The molecule has 2 aromatic heterocycles. The Morgan fingerprint density at radius 1 is 1.42 bits per heavy atom. The first kappa shape index (κ1) is 14.1. The molecule has 0 radical (unpaired) electrons. The minimum atomic E-state index is 0.523. The molecule has 0 amide bonds. The predicted octanol–water partition coefficient (Wildman–Crippen LogP) is 4.81. The first-order valence-electron chi connectivity index (χ1n) is 5.76. The van der Waals surface area contributed by atoms with E-state index in [1.54, 1.807) is 18.2 Å². The van der Waals surface area contributed by atoms with Crippen LogP contribution in [0.4, 0.5) is 5.82 Å². The molecule has 0 spiro atoms. The Hall–Kier alpha value is -1.28. The third-order valence-electron chi connectivity index (χ3n) is 2.49. The van der Waals surface area contributed by atoms with E-state index < -0.39 is 0 Å². The number of nitrogens with one attached hydrogen (secondary N) is 1. The Kier molecular flexibility index (Phi) is 4.65. The molecule has 0 saturated heterocycles. The quantitative estimate of drug-likeness (QED) is 0.881. The van der Waals surface area contributed by atoms with Gasteiger partial charge in [-0.2, -0.15) is 5.26 Å². The molecule has 0 aliphatic carbocycles. The molecule has 2 heterocycles. The molecule has 19 heavy (non-hydrogen) atoms. The Morgan fingerprint density at radius 2 is 2.21 bits per heavy atom. The zero-order chi connectivity index (χ0) is 13.8. The van der Waals surface area contributed by atoms with Gasteiger partial charge in [-0.15, -0.1) is 11.3 Å². The highest BCUT2D eigenvalue weighted by Crippen LogP contribution is 2.37. The number of pyridine rings is 1. The Morgan fingerprint density at radius 3 is 2.79 bits per heavy atom. The number of rotatable bonds is 4. The molecule has 6 heteroatoms. The van der Waals surface area contributed by atoms with Gasteiger partial charge < -0.3 is 5.32 Å². The monoisotopic (exact) mass is 311 g/mol. The molecule has 0 aromatic carbocycles. The second-order valence-electron chi connectivity index (χ2n) is 3.87. The van der Waals surface area contributed by atoms with Gasteiger partial charge in [-0.05, 0) is 24.6 Å². The van der Waals surface area contributed by atoms with Crippen LogP contribution in [0.2, 0.25) is 8.67 Å². The van der Waals surface area contributed by atoms with Gasteiger partial charge in [-0.3, -0.25) is 0 Å². The fourth-order valence-electron chi connectivity index (χ4n) is 1.59. The molecule has 1 N–H and O–H groups in total. The summed E-state index contributed by atoms with van der Waals surface area (Å²) >= 11 is 13.4. The van der Waals surface area contributed by atoms with Crippen LogP contribution in [0.1, 0.15) is 18.9 Å². The molecule has 0 unspecified atom stereocenters. The van der Waals surface area contributed by atoms with Crippen LogP contribution in [0, 0.1) is 11.3 Å². The van der Waals surface area contributed by atoms with Crippen molar-refractivity contribution in [2.75, 3.05) is 11.9 Å². The molecular weight excluding hydrogens is 301 g/mol. The molecular formula is C13H11Cl2N3S. The van der Waals surface area contributed by atoms with Gasteiger partial charge in [0, 0.05) is 12.1 Å². The van der Waals surface area contributed by atoms with Crippen molar-refractivity contribution in [2.45, 2.75) is 13.3 Å². The summed E-state index contributed by atoms with van der Waals surface area (Å²) in [6.07, 6.45) is 0.960. The lowest BCUT2D eigenvalue weighted by Gasteiger charge is -2.08. The summed E-state index contributed by atoms with van der Waals surface area (Å²) in [5, 5.41) is 12.2. The highest BCUT2D eigenvalue weighted by molar-refractivity contribution is 7.20. The minimum Gasteiger partial charge on any atom is -0.369 e. The van der Waals surface area contributed by atoms with Crippen LogP contribution in [-0.2, 0) is 0 Å². The van der Waals surface area contributed by atoms with Crippen molar-refractivity contribution >= 4 is 40.4 Å². The highest BCUT2D eigenvalue weighted by atomic mass is 35.5. The van der Waals surface area contributed by atoms with Crippen molar-refractivity contribution in [3.63, 3.8) is 0 Å². The average Bonchev–Trinajstić information content (AvgIpc) is 2.75. The van der Waals surface area contributed by atoms with Gasteiger partial charge in [-0.25, -0.2) is 4.98 Å². The number of halogens is 2. The number of aromatic nitrogens is 1. The van der Waals surface area contributed by atoms with Crippen LogP contribution in [-0.4, -0.2) is 11.5 Å². The molecule has 98 valence electrons. The summed E-state index contributed by atoms with van der Waals surface area (Å²) in [7, 11) is 0. The predicted molar refractivity (Wildman–Crippen MR) is 81.1 cm³/mol. The van der Waals surface area contributed by atoms with Gasteiger partial charge in [0.2, 0.25) is 0 Å². The van der Waals surface area contributed by atoms with E-state index in [9.17, 15) is 0 Å². The molecule has 0 fully saturated rings. The van der Waals surface area contributed by atoms with E-state index in [1.165, 1.54) is 11.3 Å². The van der Waals surface area contributed by atoms with Crippen molar-refractivity contribution in [3.8, 4) is 17.3 Å². The van der Waals surface area contributed by atoms with Crippen molar-refractivity contribution in [1.82, 2.24) is 4.98 Å². The molecule has 0 aliphatic heterocycles. The second-order valence-corrected chi connectivity index (χ2v) is 6.15. The van der Waals surface area contributed by atoms with E-state index in [4.69, 9.17) is 28.5 Å². The first-order chi connectivity index (χ1) is 9.15. The number of nitriles is 1. The smallest absolute Gasteiger partial charge is 0.144 e. The summed E-state index contributed by atoms with van der Waals surface area (Å²) in [6.45, 7) is 2.82. The van der Waals surface area contributed by atoms with Crippen molar-refractivity contribution in [2.24, 2.45) is 0 Å². The second kappa shape index (κ2) is 6.25. The maximum atomic E-state index is 9.06. The standard InChI is InChI=1S/C13H11Cl2N3S/c1-2-5-17-13-8(7-16)3-4-10(18-13)9-6-11(14)19-12(9)15/h3-4,6H,2,5H2,1H3,(H,17,18). The van der Waals surface area contributed by atoms with Crippen LogP contribution in [0.5, 0.6) is 0 Å². The largest absolute Gasteiger partial charge is 0.369 e. The summed E-state index contributed by atoms with van der Waals surface area (Å²) in [5.74, 6) is 0.584. The fourth-order valence-corrected chi connectivity index (χ4v) is 3.07. The maximum absolute atomic E-state index is 9.06. The van der Waals surface area contributed by atoms with Crippen molar-refractivity contribution < 1.29 is 0 Å². The van der Waals surface area contributed by atoms with E-state index in [1.807, 2.05) is 0 Å². The van der Waals surface area contributed by atoms with Gasteiger partial charge in [0.15, 0.2) is 0 Å². The summed E-state index contributed by atoms with van der Waals surface area (Å²) in [6, 6.07) is 7.42.